The van der Waals surface area contributed by atoms with Gasteiger partial charge in [-0.1, -0.05) is 12.1 Å². The molecule has 1 aliphatic heterocycles. The third-order valence-electron chi connectivity index (χ3n) is 4.71. The number of carbonyl (C=O) groups is 1. The molecule has 0 saturated carbocycles. The van der Waals surface area contributed by atoms with Crippen LogP contribution < -0.4 is 0 Å². The van der Waals surface area contributed by atoms with E-state index in [1.165, 1.54) is 6.42 Å². The number of rotatable bonds is 6. The standard InChI is InChI=1S/C20H25N3O2/c1-25-14-5-10-18-9-2-3-13-23(18)20(24)17-8-4-7-16(15-17)19-21-11-6-12-22-19/h4,6-8,11-12,15,18H,2-3,5,9-10,13-14H2,1H3/t18-/m1/s1. The highest BCUT2D eigenvalue weighted by atomic mass is 16.5. The number of hydrogen-bond donors (Lipinski definition) is 0. The Bertz CT molecular complexity index is 690. The van der Waals surface area contributed by atoms with E-state index in [1.807, 2.05) is 29.2 Å². The summed E-state index contributed by atoms with van der Waals surface area (Å²) in [7, 11) is 1.72. The maximum Gasteiger partial charge on any atom is 0.254 e. The molecule has 0 radical (unpaired) electrons. The van der Waals surface area contributed by atoms with Gasteiger partial charge in [0.15, 0.2) is 5.82 Å². The number of carbonyl (C=O) groups excluding carboxylic acids is 1. The van der Waals surface area contributed by atoms with Crippen molar-refractivity contribution in [1.29, 1.82) is 0 Å². The molecule has 132 valence electrons. The molecule has 0 unspecified atom stereocenters. The normalized spacial score (nSPS) is 17.5. The van der Waals surface area contributed by atoms with Crippen LogP contribution in [0, 0.1) is 0 Å². The lowest BCUT2D eigenvalue weighted by Crippen LogP contribution is -2.43. The molecule has 1 amide bonds. The van der Waals surface area contributed by atoms with E-state index < -0.39 is 0 Å². The van der Waals surface area contributed by atoms with E-state index >= 15 is 0 Å². The summed E-state index contributed by atoms with van der Waals surface area (Å²) in [4.78, 5) is 23.7. The number of piperidine rings is 1. The molecule has 1 atom stereocenters. The van der Waals surface area contributed by atoms with Crippen LogP contribution in [0.15, 0.2) is 42.7 Å². The minimum atomic E-state index is 0.111. The lowest BCUT2D eigenvalue weighted by atomic mass is 9.96. The number of hydrogen-bond acceptors (Lipinski definition) is 4. The van der Waals surface area contributed by atoms with Crippen molar-refractivity contribution >= 4 is 5.91 Å². The molecule has 0 aliphatic carbocycles. The third kappa shape index (κ3) is 4.42. The summed E-state index contributed by atoms with van der Waals surface area (Å²) >= 11 is 0. The molecule has 2 aromatic rings. The zero-order valence-corrected chi connectivity index (χ0v) is 14.7. The fourth-order valence-corrected chi connectivity index (χ4v) is 3.44. The first-order chi connectivity index (χ1) is 12.3. The van der Waals surface area contributed by atoms with Crippen molar-refractivity contribution in [3.05, 3.63) is 48.3 Å². The van der Waals surface area contributed by atoms with Gasteiger partial charge >= 0.3 is 0 Å². The Kier molecular flexibility index (Phi) is 6.12. The Balaban J connectivity index is 1.77. The van der Waals surface area contributed by atoms with Crippen LogP contribution >= 0.6 is 0 Å². The van der Waals surface area contributed by atoms with Crippen molar-refractivity contribution in [2.45, 2.75) is 38.1 Å². The van der Waals surface area contributed by atoms with E-state index in [-0.39, 0.29) is 5.91 Å². The summed E-state index contributed by atoms with van der Waals surface area (Å²) in [6.07, 6.45) is 8.77. The van der Waals surface area contributed by atoms with Gasteiger partial charge < -0.3 is 9.64 Å². The van der Waals surface area contributed by atoms with E-state index in [1.54, 1.807) is 25.6 Å². The van der Waals surface area contributed by atoms with Crippen LogP contribution in [0.4, 0.5) is 0 Å². The second-order valence-electron chi connectivity index (χ2n) is 6.44. The maximum absolute atomic E-state index is 13.1. The minimum absolute atomic E-state index is 0.111. The molecular weight excluding hydrogens is 314 g/mol. The first kappa shape index (κ1) is 17.5. The SMILES string of the molecule is COCCC[C@H]1CCCCN1C(=O)c1cccc(-c2ncccn2)c1. The van der Waals surface area contributed by atoms with Gasteiger partial charge in [-0.05, 0) is 50.3 Å². The highest BCUT2D eigenvalue weighted by molar-refractivity contribution is 5.95. The molecule has 1 aliphatic rings. The average molecular weight is 339 g/mol. The van der Waals surface area contributed by atoms with Crippen molar-refractivity contribution in [2.75, 3.05) is 20.3 Å². The zero-order valence-electron chi connectivity index (χ0n) is 14.7. The summed E-state index contributed by atoms with van der Waals surface area (Å²) < 4.78 is 5.16. The predicted molar refractivity (Wildman–Crippen MR) is 97.3 cm³/mol. The van der Waals surface area contributed by atoms with E-state index in [4.69, 9.17) is 4.74 Å². The molecule has 25 heavy (non-hydrogen) atoms. The van der Waals surface area contributed by atoms with Crippen LogP contribution in [0.3, 0.4) is 0 Å². The van der Waals surface area contributed by atoms with Gasteiger partial charge in [0.1, 0.15) is 0 Å². The summed E-state index contributed by atoms with van der Waals surface area (Å²) in [5, 5.41) is 0. The topological polar surface area (TPSA) is 55.3 Å². The van der Waals surface area contributed by atoms with Gasteiger partial charge in [0.25, 0.3) is 5.91 Å². The van der Waals surface area contributed by atoms with Gasteiger partial charge in [-0.25, -0.2) is 9.97 Å². The van der Waals surface area contributed by atoms with Crippen LogP contribution in [0.5, 0.6) is 0 Å². The first-order valence-corrected chi connectivity index (χ1v) is 8.97. The fraction of sp³-hybridized carbons (Fsp3) is 0.450. The Morgan fingerprint density at radius 1 is 1.24 bits per heavy atom. The first-order valence-electron chi connectivity index (χ1n) is 8.97. The smallest absolute Gasteiger partial charge is 0.254 e. The lowest BCUT2D eigenvalue weighted by Gasteiger charge is -2.36. The van der Waals surface area contributed by atoms with E-state index in [0.717, 1.165) is 44.4 Å². The molecule has 1 aromatic heterocycles. The summed E-state index contributed by atoms with van der Waals surface area (Å²) in [5.74, 6) is 0.757. The molecule has 3 rings (SSSR count). The molecule has 5 nitrogen and oxygen atoms in total. The molecule has 1 saturated heterocycles. The second-order valence-corrected chi connectivity index (χ2v) is 6.44. The number of aromatic nitrogens is 2. The molecule has 0 N–H and O–H groups in total. The van der Waals surface area contributed by atoms with Crippen LogP contribution in [0.2, 0.25) is 0 Å². The van der Waals surface area contributed by atoms with Gasteiger partial charge in [-0.2, -0.15) is 0 Å². The fourth-order valence-electron chi connectivity index (χ4n) is 3.44. The van der Waals surface area contributed by atoms with Crippen molar-refractivity contribution < 1.29 is 9.53 Å². The van der Waals surface area contributed by atoms with Crippen LogP contribution in [-0.4, -0.2) is 47.1 Å². The summed E-state index contributed by atoms with van der Waals surface area (Å²) in [5.41, 5.74) is 1.59. The van der Waals surface area contributed by atoms with Crippen molar-refractivity contribution in [3.8, 4) is 11.4 Å². The van der Waals surface area contributed by atoms with Gasteiger partial charge in [-0.3, -0.25) is 4.79 Å². The number of nitrogens with zero attached hydrogens (tertiary/aromatic N) is 3. The summed E-state index contributed by atoms with van der Waals surface area (Å²) in [6, 6.07) is 9.74. The Labute approximate surface area is 149 Å². The highest BCUT2D eigenvalue weighted by Gasteiger charge is 2.27. The second kappa shape index (κ2) is 8.72. The number of benzene rings is 1. The van der Waals surface area contributed by atoms with Crippen molar-refractivity contribution in [1.82, 2.24) is 14.9 Å². The molecule has 1 aromatic carbocycles. The van der Waals surface area contributed by atoms with E-state index in [0.29, 0.717) is 17.4 Å². The molecule has 0 spiro atoms. The zero-order chi connectivity index (χ0) is 17.5. The predicted octanol–water partition coefficient (Wildman–Crippen LogP) is 3.56. The van der Waals surface area contributed by atoms with Crippen LogP contribution in [-0.2, 0) is 4.74 Å². The minimum Gasteiger partial charge on any atom is -0.385 e. The molecule has 1 fully saturated rings. The number of likely N-dealkylation sites (tertiary alicyclic amines) is 1. The Hall–Kier alpha value is -2.27. The van der Waals surface area contributed by atoms with E-state index in [9.17, 15) is 4.79 Å². The monoisotopic (exact) mass is 339 g/mol. The van der Waals surface area contributed by atoms with Gasteiger partial charge in [-0.15, -0.1) is 0 Å². The van der Waals surface area contributed by atoms with Crippen molar-refractivity contribution in [2.24, 2.45) is 0 Å². The van der Waals surface area contributed by atoms with Gasteiger partial charge in [0, 0.05) is 49.8 Å². The quantitative estimate of drug-likeness (QED) is 0.755. The van der Waals surface area contributed by atoms with Crippen LogP contribution in [0.25, 0.3) is 11.4 Å². The lowest BCUT2D eigenvalue weighted by molar-refractivity contribution is 0.0585. The maximum atomic E-state index is 13.1. The molecule has 0 bridgehead atoms. The largest absolute Gasteiger partial charge is 0.385 e. The summed E-state index contributed by atoms with van der Waals surface area (Å²) in [6.45, 7) is 1.59. The van der Waals surface area contributed by atoms with Gasteiger partial charge in [0.05, 0.1) is 0 Å². The van der Waals surface area contributed by atoms with E-state index in [2.05, 4.69) is 9.97 Å². The average Bonchev–Trinajstić information content (AvgIpc) is 2.69. The molecule has 5 heteroatoms. The highest BCUT2D eigenvalue weighted by Crippen LogP contribution is 2.24. The Morgan fingerprint density at radius 2 is 2.08 bits per heavy atom. The third-order valence-corrected chi connectivity index (χ3v) is 4.71. The molecular formula is C20H25N3O2. The number of methoxy groups -OCH3 is 1. The van der Waals surface area contributed by atoms with Gasteiger partial charge in [0.2, 0.25) is 0 Å². The molecule has 2 heterocycles. The Morgan fingerprint density at radius 3 is 2.88 bits per heavy atom. The number of ether oxygens (including phenoxy) is 1. The van der Waals surface area contributed by atoms with Crippen LogP contribution in [0.1, 0.15) is 42.5 Å². The van der Waals surface area contributed by atoms with Crippen molar-refractivity contribution in [3.63, 3.8) is 0 Å². The number of amides is 1.